The molecule has 3 aromatic rings. The smallest absolute Gasteiger partial charge is 0.336 e. The van der Waals surface area contributed by atoms with Crippen molar-refractivity contribution in [3.63, 3.8) is 0 Å². The topological polar surface area (TPSA) is 99.1 Å². The third-order valence-electron chi connectivity index (χ3n) is 3.90. The van der Waals surface area contributed by atoms with Crippen molar-refractivity contribution in [1.82, 2.24) is 0 Å². The summed E-state index contributed by atoms with van der Waals surface area (Å²) >= 11 is 0. The van der Waals surface area contributed by atoms with Crippen molar-refractivity contribution in [3.05, 3.63) is 40.9 Å². The minimum absolute atomic E-state index is 0.126. The summed E-state index contributed by atoms with van der Waals surface area (Å²) in [5.41, 5.74) is -0.789. The number of aliphatic hydroxyl groups excluding tert-OH is 1. The van der Waals surface area contributed by atoms with Gasteiger partial charge in [0.05, 0.1) is 17.0 Å². The van der Waals surface area contributed by atoms with Crippen LogP contribution in [0, 0.1) is 0 Å². The number of furan rings is 1. The molecule has 2 heterocycles. The summed E-state index contributed by atoms with van der Waals surface area (Å²) in [6.45, 7) is 4.34. The highest BCUT2D eigenvalue weighted by atomic mass is 16.6. The highest BCUT2D eigenvalue weighted by Crippen LogP contribution is 2.35. The van der Waals surface area contributed by atoms with Gasteiger partial charge in [-0.3, -0.25) is 4.79 Å². The fourth-order valence-electron chi connectivity index (χ4n) is 2.57. The van der Waals surface area contributed by atoms with E-state index in [-0.39, 0.29) is 6.61 Å². The van der Waals surface area contributed by atoms with Gasteiger partial charge in [0.2, 0.25) is 0 Å². The van der Waals surface area contributed by atoms with E-state index in [1.807, 2.05) is 0 Å². The van der Waals surface area contributed by atoms with Crippen LogP contribution in [0.15, 0.2) is 44.2 Å². The maximum atomic E-state index is 11.4. The van der Waals surface area contributed by atoms with Gasteiger partial charge < -0.3 is 23.4 Å². The van der Waals surface area contributed by atoms with E-state index in [0.29, 0.717) is 27.7 Å². The van der Waals surface area contributed by atoms with Crippen LogP contribution < -0.4 is 10.4 Å². The van der Waals surface area contributed by atoms with Crippen LogP contribution in [-0.4, -0.2) is 29.4 Å². The van der Waals surface area contributed by atoms with Crippen LogP contribution >= 0.6 is 0 Å². The fourth-order valence-corrected chi connectivity index (χ4v) is 2.57. The Bertz CT molecular complexity index is 980. The zero-order valence-electron chi connectivity index (χ0n) is 14.1. The van der Waals surface area contributed by atoms with E-state index in [1.165, 1.54) is 19.3 Å². The predicted octanol–water partition coefficient (Wildman–Crippen LogP) is 2.62. The van der Waals surface area contributed by atoms with E-state index in [0.717, 1.165) is 0 Å². The largest absolute Gasteiger partial charge is 0.489 e. The van der Waals surface area contributed by atoms with Gasteiger partial charge in [-0.2, -0.15) is 0 Å². The molecular weight excluding hydrogens is 328 g/mol. The lowest BCUT2D eigenvalue weighted by Gasteiger charge is -2.29. The first-order chi connectivity index (χ1) is 11.8. The first kappa shape index (κ1) is 17.0. The standard InChI is InChI=1S/C18H18O7/c1-10(19)25-18(2,3)15(20)9-23-17-11-4-5-16(21)24-14(11)8-13-12(17)6-7-22-13/h4-8,15,20H,9H2,1-3H3. The van der Waals surface area contributed by atoms with E-state index in [9.17, 15) is 14.7 Å². The van der Waals surface area contributed by atoms with E-state index >= 15 is 0 Å². The zero-order valence-corrected chi connectivity index (χ0v) is 14.1. The monoisotopic (exact) mass is 346 g/mol. The lowest BCUT2D eigenvalue weighted by atomic mass is 10.0. The van der Waals surface area contributed by atoms with E-state index in [2.05, 4.69) is 0 Å². The first-order valence-corrected chi connectivity index (χ1v) is 7.72. The average Bonchev–Trinajstić information content (AvgIpc) is 2.97. The summed E-state index contributed by atoms with van der Waals surface area (Å²) in [7, 11) is 0. The molecule has 7 heteroatoms. The average molecular weight is 346 g/mol. The van der Waals surface area contributed by atoms with Gasteiger partial charge in [-0.1, -0.05) is 0 Å². The van der Waals surface area contributed by atoms with Gasteiger partial charge in [0.1, 0.15) is 35.2 Å². The second-order valence-corrected chi connectivity index (χ2v) is 6.23. The van der Waals surface area contributed by atoms with E-state index < -0.39 is 23.3 Å². The molecule has 0 bridgehead atoms. The van der Waals surface area contributed by atoms with Gasteiger partial charge in [0.25, 0.3) is 0 Å². The quantitative estimate of drug-likeness (QED) is 0.560. The number of hydrogen-bond donors (Lipinski definition) is 1. The van der Waals surface area contributed by atoms with Gasteiger partial charge in [-0.05, 0) is 26.0 Å². The Morgan fingerprint density at radius 3 is 2.68 bits per heavy atom. The molecule has 1 N–H and O–H groups in total. The van der Waals surface area contributed by atoms with Crippen LogP contribution in [0.25, 0.3) is 21.9 Å². The molecule has 1 aromatic carbocycles. The van der Waals surface area contributed by atoms with Crippen molar-refractivity contribution in [2.24, 2.45) is 0 Å². The molecule has 0 saturated heterocycles. The number of carbonyl (C=O) groups is 1. The Morgan fingerprint density at radius 2 is 1.96 bits per heavy atom. The van der Waals surface area contributed by atoms with Gasteiger partial charge in [-0.25, -0.2) is 4.79 Å². The Balaban J connectivity index is 1.95. The SMILES string of the molecule is CC(=O)OC(C)(C)C(O)COc1c2ccoc2cc2oc(=O)ccc12. The summed E-state index contributed by atoms with van der Waals surface area (Å²) in [4.78, 5) is 22.6. The number of rotatable bonds is 5. The second kappa shape index (κ2) is 6.25. The van der Waals surface area contributed by atoms with Gasteiger partial charge in [0, 0.05) is 19.1 Å². The Morgan fingerprint density at radius 1 is 1.24 bits per heavy atom. The number of ether oxygens (including phenoxy) is 2. The van der Waals surface area contributed by atoms with Crippen molar-refractivity contribution in [1.29, 1.82) is 0 Å². The van der Waals surface area contributed by atoms with Crippen molar-refractivity contribution in [2.45, 2.75) is 32.5 Å². The summed E-state index contributed by atoms with van der Waals surface area (Å²) in [6.07, 6.45) is 0.428. The van der Waals surface area contributed by atoms with Crippen LogP contribution in [-0.2, 0) is 9.53 Å². The molecule has 0 amide bonds. The molecule has 0 aliphatic rings. The Kier molecular flexibility index (Phi) is 4.26. The van der Waals surface area contributed by atoms with Crippen molar-refractivity contribution < 1.29 is 28.2 Å². The lowest BCUT2D eigenvalue weighted by Crippen LogP contribution is -2.43. The third kappa shape index (κ3) is 3.36. The zero-order chi connectivity index (χ0) is 18.2. The fraction of sp³-hybridized carbons (Fsp3) is 0.333. The van der Waals surface area contributed by atoms with Crippen molar-refractivity contribution >= 4 is 27.9 Å². The molecule has 1 unspecified atom stereocenters. The number of benzene rings is 1. The maximum absolute atomic E-state index is 11.4. The molecule has 2 aromatic heterocycles. The van der Waals surface area contributed by atoms with Gasteiger partial charge in [0.15, 0.2) is 0 Å². The number of esters is 1. The number of fused-ring (bicyclic) bond motifs is 2. The van der Waals surface area contributed by atoms with Gasteiger partial charge >= 0.3 is 11.6 Å². The molecule has 25 heavy (non-hydrogen) atoms. The van der Waals surface area contributed by atoms with Crippen LogP contribution in [0.3, 0.4) is 0 Å². The molecule has 7 nitrogen and oxygen atoms in total. The van der Waals surface area contributed by atoms with Crippen molar-refractivity contribution in [2.75, 3.05) is 6.61 Å². The first-order valence-electron chi connectivity index (χ1n) is 7.72. The maximum Gasteiger partial charge on any atom is 0.336 e. The normalized spacial score (nSPS) is 13.1. The minimum Gasteiger partial charge on any atom is -0.489 e. The third-order valence-corrected chi connectivity index (χ3v) is 3.90. The Hall–Kier alpha value is -2.80. The van der Waals surface area contributed by atoms with Crippen LogP contribution in [0.5, 0.6) is 5.75 Å². The molecule has 0 aliphatic heterocycles. The molecule has 1 atom stereocenters. The molecule has 0 spiro atoms. The summed E-state index contributed by atoms with van der Waals surface area (Å²) in [6, 6.07) is 6.21. The molecule has 0 saturated carbocycles. The van der Waals surface area contributed by atoms with E-state index in [4.69, 9.17) is 18.3 Å². The number of carbonyl (C=O) groups excluding carboxylic acids is 1. The summed E-state index contributed by atoms with van der Waals surface area (Å²) in [5, 5.41) is 11.6. The molecule has 3 rings (SSSR count). The number of aliphatic hydroxyl groups is 1. The summed E-state index contributed by atoms with van der Waals surface area (Å²) < 4.78 is 21.5. The molecule has 0 radical (unpaired) electrons. The molecule has 0 aliphatic carbocycles. The van der Waals surface area contributed by atoms with Crippen molar-refractivity contribution in [3.8, 4) is 5.75 Å². The molecule has 132 valence electrons. The van der Waals surface area contributed by atoms with Crippen LogP contribution in [0.4, 0.5) is 0 Å². The van der Waals surface area contributed by atoms with Crippen LogP contribution in [0.2, 0.25) is 0 Å². The summed E-state index contributed by atoms with van der Waals surface area (Å²) in [5.74, 6) is -0.0733. The van der Waals surface area contributed by atoms with Gasteiger partial charge in [-0.15, -0.1) is 0 Å². The second-order valence-electron chi connectivity index (χ2n) is 6.23. The lowest BCUT2D eigenvalue weighted by molar-refractivity contribution is -0.166. The highest BCUT2D eigenvalue weighted by Gasteiger charge is 2.32. The predicted molar refractivity (Wildman–Crippen MR) is 89.6 cm³/mol. The van der Waals surface area contributed by atoms with E-state index in [1.54, 1.807) is 32.0 Å². The highest BCUT2D eigenvalue weighted by molar-refractivity contribution is 6.01. The molecule has 0 fully saturated rings. The Labute approximate surface area is 142 Å². The van der Waals surface area contributed by atoms with Crippen LogP contribution in [0.1, 0.15) is 20.8 Å². The molecular formula is C18H18O7. The minimum atomic E-state index is -1.11. The number of hydrogen-bond acceptors (Lipinski definition) is 7.